The van der Waals surface area contributed by atoms with Crippen LogP contribution in [0, 0.1) is 0 Å². The molecule has 0 saturated carbocycles. The fourth-order valence-corrected chi connectivity index (χ4v) is 4.18. The summed E-state index contributed by atoms with van der Waals surface area (Å²) in [5, 5.41) is 38.3. The average Bonchev–Trinajstić information content (AvgIpc) is 3.03. The monoisotopic (exact) mass is 580 g/mol. The second-order valence-corrected chi connectivity index (χ2v) is 9.88. The molecule has 0 saturated heterocycles. The van der Waals surface area contributed by atoms with Crippen LogP contribution < -0.4 is 18.9 Å². The molecule has 0 amide bonds. The third-order valence-corrected chi connectivity index (χ3v) is 6.57. The molecule has 5 rings (SSSR count). The van der Waals surface area contributed by atoms with E-state index in [2.05, 4.69) is 0 Å². The van der Waals surface area contributed by atoms with Crippen molar-refractivity contribution < 1.29 is 39.4 Å². The molecule has 0 aliphatic heterocycles. The summed E-state index contributed by atoms with van der Waals surface area (Å²) in [6, 6.07) is 31.1. The van der Waals surface area contributed by atoms with Crippen LogP contribution in [0.2, 0.25) is 0 Å². The molecule has 0 aliphatic carbocycles. The molecular weight excluding hydrogens is 548 g/mol. The van der Waals surface area contributed by atoms with Crippen LogP contribution in [0.4, 0.5) is 0 Å². The van der Waals surface area contributed by atoms with E-state index in [1.807, 2.05) is 12.1 Å². The average molecular weight is 581 g/mol. The summed E-state index contributed by atoms with van der Waals surface area (Å²) < 4.78 is 24.8. The van der Waals surface area contributed by atoms with Gasteiger partial charge in [0.2, 0.25) is 5.75 Å². The van der Waals surface area contributed by atoms with E-state index in [9.17, 15) is 20.4 Å². The maximum absolute atomic E-state index is 9.68. The summed E-state index contributed by atoms with van der Waals surface area (Å²) in [6.45, 7) is 0.774. The Bertz CT molecular complexity index is 1530. The SMILES string of the molecule is OCc1ccc(OCc2cc(OCc3ccc(O)cc3)c(OCc3ccc(O)cc3)c(OCc3ccc(O)cc3)c2)cc1. The van der Waals surface area contributed by atoms with Gasteiger partial charge in [-0.1, -0.05) is 48.5 Å². The minimum absolute atomic E-state index is 0.0463. The highest BCUT2D eigenvalue weighted by molar-refractivity contribution is 5.54. The first kappa shape index (κ1) is 29.2. The smallest absolute Gasteiger partial charge is 0.203 e. The quantitative estimate of drug-likeness (QED) is 0.123. The third kappa shape index (κ3) is 8.34. The summed E-state index contributed by atoms with van der Waals surface area (Å²) in [5.74, 6) is 2.39. The molecule has 8 nitrogen and oxygen atoms in total. The Labute approximate surface area is 249 Å². The highest BCUT2D eigenvalue weighted by Crippen LogP contribution is 2.41. The van der Waals surface area contributed by atoms with Gasteiger partial charge in [-0.3, -0.25) is 0 Å². The minimum Gasteiger partial charge on any atom is -0.508 e. The van der Waals surface area contributed by atoms with Gasteiger partial charge in [0.25, 0.3) is 0 Å². The molecule has 0 spiro atoms. The highest BCUT2D eigenvalue weighted by Gasteiger charge is 2.18. The topological polar surface area (TPSA) is 118 Å². The van der Waals surface area contributed by atoms with Gasteiger partial charge in [0.05, 0.1) is 6.61 Å². The van der Waals surface area contributed by atoms with Gasteiger partial charge in [0, 0.05) is 0 Å². The van der Waals surface area contributed by atoms with Gasteiger partial charge in [-0.25, -0.2) is 0 Å². The van der Waals surface area contributed by atoms with Crippen molar-refractivity contribution in [1.29, 1.82) is 0 Å². The molecule has 5 aromatic rings. The molecule has 43 heavy (non-hydrogen) atoms. The van der Waals surface area contributed by atoms with Crippen molar-refractivity contribution in [3.8, 4) is 40.2 Å². The zero-order chi connectivity index (χ0) is 30.0. The Morgan fingerprint density at radius 1 is 0.395 bits per heavy atom. The second-order valence-electron chi connectivity index (χ2n) is 9.88. The molecule has 0 radical (unpaired) electrons. The largest absolute Gasteiger partial charge is 0.508 e. The molecule has 0 atom stereocenters. The maximum atomic E-state index is 9.68. The number of hydrogen-bond acceptors (Lipinski definition) is 8. The van der Waals surface area contributed by atoms with Crippen LogP contribution in [0.25, 0.3) is 0 Å². The molecule has 220 valence electrons. The Morgan fingerprint density at radius 2 is 0.767 bits per heavy atom. The molecule has 8 heteroatoms. The molecule has 0 aromatic heterocycles. The van der Waals surface area contributed by atoms with Gasteiger partial charge >= 0.3 is 0 Å². The predicted octanol–water partition coefficient (Wildman–Crippen LogP) is 6.61. The molecule has 5 aromatic carbocycles. The lowest BCUT2D eigenvalue weighted by atomic mass is 10.1. The highest BCUT2D eigenvalue weighted by atomic mass is 16.5. The van der Waals surface area contributed by atoms with Gasteiger partial charge < -0.3 is 39.4 Å². The number of aliphatic hydroxyl groups excluding tert-OH is 1. The number of aliphatic hydroxyl groups is 1. The Hall–Kier alpha value is -5.34. The fraction of sp³-hybridized carbons (Fsp3) is 0.143. The minimum atomic E-state index is -0.0463. The number of aromatic hydroxyl groups is 3. The first-order valence-electron chi connectivity index (χ1n) is 13.7. The van der Waals surface area contributed by atoms with Crippen molar-refractivity contribution in [2.45, 2.75) is 33.0 Å². The van der Waals surface area contributed by atoms with Gasteiger partial charge in [-0.15, -0.1) is 0 Å². The van der Waals surface area contributed by atoms with Crippen molar-refractivity contribution >= 4 is 0 Å². The number of rotatable bonds is 13. The first-order chi connectivity index (χ1) is 20.9. The van der Waals surface area contributed by atoms with E-state index in [0.717, 1.165) is 27.8 Å². The number of phenolic OH excluding ortho intramolecular Hbond substituents is 3. The molecule has 4 N–H and O–H groups in total. The molecular formula is C35H32O8. The van der Waals surface area contributed by atoms with Crippen LogP contribution >= 0.6 is 0 Å². The first-order valence-corrected chi connectivity index (χ1v) is 13.7. The van der Waals surface area contributed by atoms with E-state index in [-0.39, 0.29) is 50.3 Å². The van der Waals surface area contributed by atoms with Crippen LogP contribution in [0.5, 0.6) is 40.2 Å². The van der Waals surface area contributed by atoms with Crippen molar-refractivity contribution in [2.24, 2.45) is 0 Å². The third-order valence-electron chi connectivity index (χ3n) is 6.57. The lowest BCUT2D eigenvalue weighted by molar-refractivity contribution is 0.228. The number of hydrogen-bond donors (Lipinski definition) is 4. The number of ether oxygens (including phenoxy) is 4. The van der Waals surface area contributed by atoms with Gasteiger partial charge in [-0.05, 0) is 88.5 Å². The molecule has 0 aliphatic rings. The van der Waals surface area contributed by atoms with Gasteiger partial charge in [0.1, 0.15) is 49.4 Å². The van der Waals surface area contributed by atoms with Crippen LogP contribution in [0.15, 0.2) is 109 Å². The summed E-state index contributed by atoms with van der Waals surface area (Å²) in [4.78, 5) is 0. The molecule has 0 unspecified atom stereocenters. The molecule has 0 fully saturated rings. The number of phenols is 3. The standard InChI is InChI=1S/C35H32O8/c36-19-24-7-15-32(16-8-24)40-23-28-17-33(41-20-25-1-9-29(37)10-2-25)35(43-22-27-5-13-31(39)14-6-27)34(18-28)42-21-26-3-11-30(38)12-4-26/h1-18,36-39H,19-23H2. The summed E-state index contributed by atoms with van der Waals surface area (Å²) in [6.07, 6.45) is 0. The van der Waals surface area contributed by atoms with E-state index in [1.165, 1.54) is 0 Å². The summed E-state index contributed by atoms with van der Waals surface area (Å²) in [7, 11) is 0. The van der Waals surface area contributed by atoms with Crippen LogP contribution in [-0.2, 0) is 33.0 Å². The molecule has 0 heterocycles. The molecule has 0 bridgehead atoms. The van der Waals surface area contributed by atoms with E-state index in [0.29, 0.717) is 23.0 Å². The van der Waals surface area contributed by atoms with E-state index >= 15 is 0 Å². The van der Waals surface area contributed by atoms with Crippen molar-refractivity contribution in [2.75, 3.05) is 0 Å². The lowest BCUT2D eigenvalue weighted by Gasteiger charge is -2.19. The predicted molar refractivity (Wildman–Crippen MR) is 160 cm³/mol. The Kier molecular flexibility index (Phi) is 9.51. The normalized spacial score (nSPS) is 10.7. The number of benzene rings is 5. The van der Waals surface area contributed by atoms with E-state index in [1.54, 1.807) is 97.1 Å². The van der Waals surface area contributed by atoms with Crippen molar-refractivity contribution in [1.82, 2.24) is 0 Å². The van der Waals surface area contributed by atoms with Gasteiger partial charge in [0.15, 0.2) is 11.5 Å². The van der Waals surface area contributed by atoms with Crippen molar-refractivity contribution in [3.05, 3.63) is 137 Å². The lowest BCUT2D eigenvalue weighted by Crippen LogP contribution is -2.06. The van der Waals surface area contributed by atoms with Crippen LogP contribution in [-0.4, -0.2) is 20.4 Å². The maximum Gasteiger partial charge on any atom is 0.203 e. The Morgan fingerprint density at radius 3 is 1.19 bits per heavy atom. The zero-order valence-corrected chi connectivity index (χ0v) is 23.3. The fourth-order valence-electron chi connectivity index (χ4n) is 4.18. The summed E-state index contributed by atoms with van der Waals surface area (Å²) >= 11 is 0. The second kappa shape index (κ2) is 14.0. The van der Waals surface area contributed by atoms with Crippen LogP contribution in [0.3, 0.4) is 0 Å². The zero-order valence-electron chi connectivity index (χ0n) is 23.3. The van der Waals surface area contributed by atoms with Crippen molar-refractivity contribution in [3.63, 3.8) is 0 Å². The van der Waals surface area contributed by atoms with E-state index < -0.39 is 0 Å². The van der Waals surface area contributed by atoms with Gasteiger partial charge in [-0.2, -0.15) is 0 Å². The Balaban J connectivity index is 1.45. The summed E-state index contributed by atoms with van der Waals surface area (Å²) in [5.41, 5.74) is 4.09. The van der Waals surface area contributed by atoms with Crippen LogP contribution in [0.1, 0.15) is 27.8 Å². The van der Waals surface area contributed by atoms with E-state index in [4.69, 9.17) is 18.9 Å².